The van der Waals surface area contributed by atoms with Gasteiger partial charge >= 0.3 is 6.18 Å². The zero-order chi connectivity index (χ0) is 18.9. The fraction of sp³-hybridized carbons (Fsp3) is 0.176. The Morgan fingerprint density at radius 2 is 1.85 bits per heavy atom. The molecule has 0 fully saturated rings. The van der Waals surface area contributed by atoms with Crippen molar-refractivity contribution in [2.45, 2.75) is 18.6 Å². The van der Waals surface area contributed by atoms with Gasteiger partial charge in [-0.05, 0) is 30.3 Å². The molecule has 0 bridgehead atoms. The van der Waals surface area contributed by atoms with E-state index < -0.39 is 34.6 Å². The van der Waals surface area contributed by atoms with Crippen molar-refractivity contribution in [1.29, 1.82) is 0 Å². The highest BCUT2D eigenvalue weighted by Gasteiger charge is 2.33. The summed E-state index contributed by atoms with van der Waals surface area (Å²) in [5, 5.41) is 7.50. The van der Waals surface area contributed by atoms with Crippen molar-refractivity contribution >= 4 is 40.5 Å². The van der Waals surface area contributed by atoms with E-state index in [1.807, 2.05) is 0 Å². The molecule has 9 heteroatoms. The fourth-order valence-corrected chi connectivity index (χ4v) is 2.78. The van der Waals surface area contributed by atoms with Crippen LogP contribution in [0.15, 0.2) is 42.5 Å². The standard InChI is InChI=1S/C17H13ClF3N3O2/c18-11-6-5-9(7-10(11)17(19,20)21)22-15(25)8-14-16(26)24-13-4-2-1-3-12(13)23-14/h1-7,14,23H,8H2,(H,22,25)(H,24,26)/t14-/m0/s1. The minimum Gasteiger partial charge on any atom is -0.372 e. The van der Waals surface area contributed by atoms with Crippen LogP contribution in [0.3, 0.4) is 0 Å². The van der Waals surface area contributed by atoms with Gasteiger partial charge in [-0.1, -0.05) is 23.7 Å². The summed E-state index contributed by atoms with van der Waals surface area (Å²) in [5.41, 5.74) is 0.167. The van der Waals surface area contributed by atoms with E-state index in [1.165, 1.54) is 6.07 Å². The van der Waals surface area contributed by atoms with E-state index in [0.29, 0.717) is 11.4 Å². The Morgan fingerprint density at radius 3 is 2.54 bits per heavy atom. The molecule has 3 N–H and O–H groups in total. The first-order valence-corrected chi connectivity index (χ1v) is 7.95. The summed E-state index contributed by atoms with van der Waals surface area (Å²) < 4.78 is 38.6. The Labute approximate surface area is 151 Å². The van der Waals surface area contributed by atoms with E-state index in [9.17, 15) is 22.8 Å². The van der Waals surface area contributed by atoms with Gasteiger partial charge in [0.2, 0.25) is 11.8 Å². The molecule has 26 heavy (non-hydrogen) atoms. The van der Waals surface area contributed by atoms with Crippen LogP contribution < -0.4 is 16.0 Å². The van der Waals surface area contributed by atoms with Gasteiger partial charge in [-0.3, -0.25) is 9.59 Å². The Balaban J connectivity index is 1.69. The predicted molar refractivity (Wildman–Crippen MR) is 92.2 cm³/mol. The smallest absolute Gasteiger partial charge is 0.372 e. The number of nitrogens with one attached hydrogen (secondary N) is 3. The average Bonchev–Trinajstić information content (AvgIpc) is 2.56. The van der Waals surface area contributed by atoms with Gasteiger partial charge < -0.3 is 16.0 Å². The summed E-state index contributed by atoms with van der Waals surface area (Å²) >= 11 is 5.54. The molecule has 0 aromatic heterocycles. The Kier molecular flexibility index (Phi) is 4.78. The van der Waals surface area contributed by atoms with Crippen molar-refractivity contribution in [3.8, 4) is 0 Å². The summed E-state index contributed by atoms with van der Waals surface area (Å²) in [7, 11) is 0. The third-order valence-corrected chi connectivity index (χ3v) is 4.11. The number of hydrogen-bond donors (Lipinski definition) is 3. The molecule has 5 nitrogen and oxygen atoms in total. The zero-order valence-corrected chi connectivity index (χ0v) is 13.9. The number of fused-ring (bicyclic) bond motifs is 1. The third kappa shape index (κ3) is 3.91. The summed E-state index contributed by atoms with van der Waals surface area (Å²) in [6, 6.07) is 9.22. The molecule has 3 rings (SSSR count). The van der Waals surface area contributed by atoms with Crippen LogP contribution in [-0.4, -0.2) is 17.9 Å². The quantitative estimate of drug-likeness (QED) is 0.746. The number of carbonyl (C=O) groups excluding carboxylic acids is 2. The minimum absolute atomic E-state index is 0.0525. The molecular weight excluding hydrogens is 371 g/mol. The summed E-state index contributed by atoms with van der Waals surface area (Å²) in [6.45, 7) is 0. The van der Waals surface area contributed by atoms with Gasteiger partial charge in [-0.2, -0.15) is 13.2 Å². The van der Waals surface area contributed by atoms with Crippen LogP contribution in [0.4, 0.5) is 30.2 Å². The van der Waals surface area contributed by atoms with E-state index in [2.05, 4.69) is 16.0 Å². The number of alkyl halides is 3. The molecule has 0 radical (unpaired) electrons. The highest BCUT2D eigenvalue weighted by Crippen LogP contribution is 2.36. The normalized spacial score (nSPS) is 16.3. The molecule has 1 aliphatic rings. The van der Waals surface area contributed by atoms with Crippen LogP contribution in [0.5, 0.6) is 0 Å². The van der Waals surface area contributed by atoms with E-state index in [0.717, 1.165) is 12.1 Å². The first-order chi connectivity index (χ1) is 12.2. The Morgan fingerprint density at radius 1 is 1.15 bits per heavy atom. The van der Waals surface area contributed by atoms with E-state index in [-0.39, 0.29) is 12.1 Å². The summed E-state index contributed by atoms with van der Waals surface area (Å²) in [6.07, 6.45) is -4.88. The lowest BCUT2D eigenvalue weighted by atomic mass is 10.1. The number of carbonyl (C=O) groups is 2. The van der Waals surface area contributed by atoms with Crippen molar-refractivity contribution in [2.75, 3.05) is 16.0 Å². The molecule has 1 atom stereocenters. The van der Waals surface area contributed by atoms with Crippen molar-refractivity contribution in [2.24, 2.45) is 0 Å². The van der Waals surface area contributed by atoms with Gasteiger partial charge in [-0.25, -0.2) is 0 Å². The molecule has 0 unspecified atom stereocenters. The molecule has 0 spiro atoms. The van der Waals surface area contributed by atoms with Gasteiger partial charge in [0.25, 0.3) is 0 Å². The van der Waals surface area contributed by atoms with Crippen molar-refractivity contribution in [3.05, 3.63) is 53.1 Å². The summed E-state index contributed by atoms with van der Waals surface area (Å²) in [4.78, 5) is 24.2. The molecular formula is C17H13ClF3N3O2. The predicted octanol–water partition coefficient (Wildman–Crippen LogP) is 4.12. The zero-order valence-electron chi connectivity index (χ0n) is 13.2. The SMILES string of the molecule is O=C(C[C@@H]1Nc2ccccc2NC1=O)Nc1ccc(Cl)c(C(F)(F)F)c1. The van der Waals surface area contributed by atoms with E-state index in [4.69, 9.17) is 11.6 Å². The third-order valence-electron chi connectivity index (χ3n) is 3.78. The highest BCUT2D eigenvalue weighted by atomic mass is 35.5. The maximum atomic E-state index is 12.9. The van der Waals surface area contributed by atoms with Gasteiger partial charge in [-0.15, -0.1) is 0 Å². The second-order valence-corrected chi connectivity index (χ2v) is 6.08. The Hall–Kier alpha value is -2.74. The second kappa shape index (κ2) is 6.87. The number of benzene rings is 2. The van der Waals surface area contributed by atoms with Gasteiger partial charge in [0, 0.05) is 5.69 Å². The minimum atomic E-state index is -4.63. The van der Waals surface area contributed by atoms with Crippen LogP contribution in [0, 0.1) is 0 Å². The molecule has 2 aromatic rings. The summed E-state index contributed by atoms with van der Waals surface area (Å²) in [5.74, 6) is -1.00. The first kappa shape index (κ1) is 18.1. The number of rotatable bonds is 3. The lowest BCUT2D eigenvalue weighted by Crippen LogP contribution is -2.41. The average molecular weight is 384 g/mol. The molecule has 2 aromatic carbocycles. The van der Waals surface area contributed by atoms with E-state index >= 15 is 0 Å². The number of halogens is 4. The molecule has 1 heterocycles. The van der Waals surface area contributed by atoms with Crippen molar-refractivity contribution in [3.63, 3.8) is 0 Å². The van der Waals surface area contributed by atoms with Crippen LogP contribution in [0.1, 0.15) is 12.0 Å². The number of amides is 2. The lowest BCUT2D eigenvalue weighted by molar-refractivity contribution is -0.137. The Bertz CT molecular complexity index is 871. The van der Waals surface area contributed by atoms with Crippen LogP contribution in [-0.2, 0) is 15.8 Å². The van der Waals surface area contributed by atoms with Gasteiger partial charge in [0.05, 0.1) is 28.4 Å². The molecule has 0 saturated carbocycles. The number of anilines is 3. The molecule has 1 aliphatic heterocycles. The van der Waals surface area contributed by atoms with Gasteiger partial charge in [0.1, 0.15) is 6.04 Å². The van der Waals surface area contributed by atoms with Crippen LogP contribution in [0.25, 0.3) is 0 Å². The lowest BCUT2D eigenvalue weighted by Gasteiger charge is -2.26. The first-order valence-electron chi connectivity index (χ1n) is 7.57. The fourth-order valence-electron chi connectivity index (χ4n) is 2.55. The van der Waals surface area contributed by atoms with Crippen LogP contribution >= 0.6 is 11.6 Å². The van der Waals surface area contributed by atoms with Crippen molar-refractivity contribution < 1.29 is 22.8 Å². The monoisotopic (exact) mass is 383 g/mol. The maximum absolute atomic E-state index is 12.9. The largest absolute Gasteiger partial charge is 0.417 e. The molecule has 136 valence electrons. The van der Waals surface area contributed by atoms with E-state index in [1.54, 1.807) is 24.3 Å². The number of hydrogen-bond acceptors (Lipinski definition) is 3. The van der Waals surface area contributed by atoms with Crippen molar-refractivity contribution in [1.82, 2.24) is 0 Å². The van der Waals surface area contributed by atoms with Crippen LogP contribution in [0.2, 0.25) is 5.02 Å². The highest BCUT2D eigenvalue weighted by molar-refractivity contribution is 6.31. The molecule has 0 saturated heterocycles. The maximum Gasteiger partial charge on any atom is 0.417 e. The second-order valence-electron chi connectivity index (χ2n) is 5.68. The molecule has 0 aliphatic carbocycles. The van der Waals surface area contributed by atoms with Gasteiger partial charge in [0.15, 0.2) is 0 Å². The molecule has 2 amide bonds. The number of para-hydroxylation sites is 2. The topological polar surface area (TPSA) is 70.2 Å².